The number of unbranched alkanes of at least 4 members (excludes halogenated alkanes) is 4. The van der Waals surface area contributed by atoms with Crippen LogP contribution >= 0.6 is 0 Å². The van der Waals surface area contributed by atoms with Crippen LogP contribution < -0.4 is 0 Å². The van der Waals surface area contributed by atoms with Crippen molar-refractivity contribution in [2.75, 3.05) is 5.75 Å². The third kappa shape index (κ3) is 4.87. The van der Waals surface area contributed by atoms with Crippen LogP contribution in [0.2, 0.25) is 0 Å². The summed E-state index contributed by atoms with van der Waals surface area (Å²) >= 11 is 0. The quantitative estimate of drug-likeness (QED) is 0.598. The molecule has 0 radical (unpaired) electrons. The van der Waals surface area contributed by atoms with Crippen LogP contribution in [0.1, 0.15) is 39.0 Å². The van der Waals surface area contributed by atoms with Crippen LogP contribution in [0.5, 0.6) is 0 Å². The zero-order chi connectivity index (χ0) is 17.6. The first kappa shape index (κ1) is 18.6. The van der Waals surface area contributed by atoms with Crippen molar-refractivity contribution in [3.63, 3.8) is 0 Å². The van der Waals surface area contributed by atoms with Gasteiger partial charge in [0.15, 0.2) is 21.5 Å². The lowest BCUT2D eigenvalue weighted by molar-refractivity contribution is 0.509. The van der Waals surface area contributed by atoms with E-state index in [1.807, 2.05) is 0 Å². The molecule has 2 rings (SSSR count). The molecule has 0 atom stereocenters. The highest BCUT2D eigenvalue weighted by Crippen LogP contribution is 2.24. The Kier molecular flexibility index (Phi) is 6.49. The third-order valence-corrected chi connectivity index (χ3v) is 5.80. The minimum Gasteiger partial charge on any atom is -0.224 e. The van der Waals surface area contributed by atoms with Gasteiger partial charge in [0, 0.05) is 0 Å². The maximum absolute atomic E-state index is 13.3. The second kappa shape index (κ2) is 8.38. The molecule has 0 amide bonds. The molecule has 2 aromatic carbocycles. The first-order valence-electron chi connectivity index (χ1n) is 8.22. The summed E-state index contributed by atoms with van der Waals surface area (Å²) in [5, 5.41) is 0. The molecule has 0 aromatic heterocycles. The Morgan fingerprint density at radius 2 is 1.42 bits per heavy atom. The van der Waals surface area contributed by atoms with Gasteiger partial charge in [0.25, 0.3) is 0 Å². The summed E-state index contributed by atoms with van der Waals surface area (Å²) in [6, 6.07) is 9.93. The van der Waals surface area contributed by atoms with E-state index in [4.69, 9.17) is 0 Å². The zero-order valence-corrected chi connectivity index (χ0v) is 14.6. The summed E-state index contributed by atoms with van der Waals surface area (Å²) in [5.74, 6) is -1.68. The molecule has 0 fully saturated rings. The van der Waals surface area contributed by atoms with Crippen molar-refractivity contribution in [1.82, 2.24) is 0 Å². The van der Waals surface area contributed by atoms with Crippen LogP contribution in [0, 0.1) is 11.6 Å². The van der Waals surface area contributed by atoms with Gasteiger partial charge in [0.2, 0.25) is 0 Å². The summed E-state index contributed by atoms with van der Waals surface area (Å²) in [6.45, 7) is 2.12. The van der Waals surface area contributed by atoms with E-state index in [0.717, 1.165) is 37.8 Å². The fourth-order valence-electron chi connectivity index (χ4n) is 2.54. The lowest BCUT2D eigenvalue weighted by Gasteiger charge is -2.07. The molecule has 0 aliphatic carbocycles. The third-order valence-electron chi connectivity index (χ3n) is 3.98. The molecule has 0 heterocycles. The molecule has 130 valence electrons. The number of hydrogen-bond acceptors (Lipinski definition) is 2. The van der Waals surface area contributed by atoms with Crippen molar-refractivity contribution in [1.29, 1.82) is 0 Å². The summed E-state index contributed by atoms with van der Waals surface area (Å²) in [5.41, 5.74) is 1.16. The van der Waals surface area contributed by atoms with E-state index in [0.29, 0.717) is 17.5 Å². The van der Waals surface area contributed by atoms with Crippen LogP contribution in [0.15, 0.2) is 47.4 Å². The number of benzene rings is 2. The van der Waals surface area contributed by atoms with Crippen molar-refractivity contribution in [2.24, 2.45) is 0 Å². The number of rotatable bonds is 8. The van der Waals surface area contributed by atoms with E-state index in [-0.39, 0.29) is 10.6 Å². The predicted molar refractivity (Wildman–Crippen MR) is 92.6 cm³/mol. The molecule has 2 nitrogen and oxygen atoms in total. The summed E-state index contributed by atoms with van der Waals surface area (Å²) in [6.07, 6.45) is 4.88. The van der Waals surface area contributed by atoms with Crippen LogP contribution in [0.3, 0.4) is 0 Å². The fraction of sp³-hybridized carbons (Fsp3) is 0.368. The molecule has 0 bridgehead atoms. The van der Waals surface area contributed by atoms with Gasteiger partial charge in [0.05, 0.1) is 10.6 Å². The average molecular weight is 352 g/mol. The zero-order valence-electron chi connectivity index (χ0n) is 13.8. The van der Waals surface area contributed by atoms with Gasteiger partial charge in [-0.15, -0.1) is 0 Å². The normalized spacial score (nSPS) is 11.6. The molecule has 0 spiro atoms. The van der Waals surface area contributed by atoms with Gasteiger partial charge in [-0.05, 0) is 41.8 Å². The predicted octanol–water partition coefficient (Wildman–Crippen LogP) is 5.38. The number of hydrogen-bond donors (Lipinski definition) is 0. The molecular weight excluding hydrogens is 330 g/mol. The Bertz CT molecular complexity index is 768. The van der Waals surface area contributed by atoms with Crippen LogP contribution in [-0.2, 0) is 9.84 Å². The van der Waals surface area contributed by atoms with Gasteiger partial charge in [0.1, 0.15) is 0 Å². The number of sulfone groups is 1. The van der Waals surface area contributed by atoms with Gasteiger partial charge in [-0.2, -0.15) is 0 Å². The molecule has 0 unspecified atom stereocenters. The SMILES string of the molecule is CCCCCCCS(=O)(=O)c1ccc(-c2ccc(F)c(F)c2)cc1. The smallest absolute Gasteiger partial charge is 0.178 e. The van der Waals surface area contributed by atoms with Gasteiger partial charge in [-0.25, -0.2) is 17.2 Å². The minimum absolute atomic E-state index is 0.140. The average Bonchev–Trinajstić information content (AvgIpc) is 2.57. The van der Waals surface area contributed by atoms with Crippen molar-refractivity contribution >= 4 is 9.84 Å². The highest BCUT2D eigenvalue weighted by Gasteiger charge is 2.14. The molecule has 0 aliphatic rings. The summed E-state index contributed by atoms with van der Waals surface area (Å²) < 4.78 is 50.9. The Balaban J connectivity index is 2.06. The lowest BCUT2D eigenvalue weighted by atomic mass is 10.1. The van der Waals surface area contributed by atoms with Crippen molar-refractivity contribution < 1.29 is 17.2 Å². The van der Waals surface area contributed by atoms with Crippen LogP contribution in [0.25, 0.3) is 11.1 Å². The first-order chi connectivity index (χ1) is 11.4. The molecule has 5 heteroatoms. The minimum atomic E-state index is -3.30. The molecular formula is C19H22F2O2S. The molecule has 0 N–H and O–H groups in total. The maximum Gasteiger partial charge on any atom is 0.178 e. The molecule has 0 saturated carbocycles. The Labute approximate surface area is 142 Å². The van der Waals surface area contributed by atoms with Crippen molar-refractivity contribution in [3.05, 3.63) is 54.1 Å². The highest BCUT2D eigenvalue weighted by atomic mass is 32.2. The maximum atomic E-state index is 13.3. The monoisotopic (exact) mass is 352 g/mol. The van der Waals surface area contributed by atoms with Gasteiger partial charge >= 0.3 is 0 Å². The number of halogens is 2. The van der Waals surface area contributed by atoms with E-state index in [1.165, 1.54) is 18.2 Å². The fourth-order valence-corrected chi connectivity index (χ4v) is 3.91. The van der Waals surface area contributed by atoms with Crippen LogP contribution in [-0.4, -0.2) is 14.2 Å². The van der Waals surface area contributed by atoms with E-state index < -0.39 is 21.5 Å². The lowest BCUT2D eigenvalue weighted by Crippen LogP contribution is -2.06. The molecule has 2 aromatic rings. The van der Waals surface area contributed by atoms with Gasteiger partial charge in [-0.3, -0.25) is 0 Å². The molecule has 0 saturated heterocycles. The van der Waals surface area contributed by atoms with E-state index in [2.05, 4.69) is 6.92 Å². The topological polar surface area (TPSA) is 34.1 Å². The Morgan fingerprint density at radius 3 is 2.04 bits per heavy atom. The van der Waals surface area contributed by atoms with Gasteiger partial charge in [-0.1, -0.05) is 50.8 Å². The van der Waals surface area contributed by atoms with Crippen LogP contribution in [0.4, 0.5) is 8.78 Å². The largest absolute Gasteiger partial charge is 0.224 e. The Morgan fingerprint density at radius 1 is 0.792 bits per heavy atom. The first-order valence-corrected chi connectivity index (χ1v) is 9.87. The van der Waals surface area contributed by atoms with E-state index in [9.17, 15) is 17.2 Å². The summed E-state index contributed by atoms with van der Waals surface area (Å²) in [7, 11) is -3.30. The van der Waals surface area contributed by atoms with Crippen molar-refractivity contribution in [2.45, 2.75) is 43.9 Å². The molecule has 24 heavy (non-hydrogen) atoms. The standard InChI is InChI=1S/C19H22F2O2S/c1-2-3-4-5-6-13-24(22,23)17-10-7-15(8-11-17)16-9-12-18(20)19(21)14-16/h7-12,14H,2-6,13H2,1H3. The second-order valence-corrected chi connectivity index (χ2v) is 8.00. The Hall–Kier alpha value is -1.75. The van der Waals surface area contributed by atoms with Crippen molar-refractivity contribution in [3.8, 4) is 11.1 Å². The molecule has 0 aliphatic heterocycles. The summed E-state index contributed by atoms with van der Waals surface area (Å²) in [4.78, 5) is 0.268. The highest BCUT2D eigenvalue weighted by molar-refractivity contribution is 7.91. The van der Waals surface area contributed by atoms with E-state index in [1.54, 1.807) is 12.1 Å². The van der Waals surface area contributed by atoms with Gasteiger partial charge < -0.3 is 0 Å². The second-order valence-electron chi connectivity index (χ2n) is 5.89. The van der Waals surface area contributed by atoms with E-state index >= 15 is 0 Å².